The van der Waals surface area contributed by atoms with Crippen molar-refractivity contribution in [1.82, 2.24) is 0 Å². The summed E-state index contributed by atoms with van der Waals surface area (Å²) in [5.74, 6) is 0. The van der Waals surface area contributed by atoms with Crippen LogP contribution in [0.15, 0.2) is 18.2 Å². The first kappa shape index (κ1) is 13.3. The average molecular weight is 237 g/mol. The van der Waals surface area contributed by atoms with Crippen molar-refractivity contribution >= 4 is 17.1 Å². The zero-order valence-electron chi connectivity index (χ0n) is 10.3. The molecule has 94 valence electrons. The summed E-state index contributed by atoms with van der Waals surface area (Å²) < 4.78 is 0. The Labute approximate surface area is 101 Å². The van der Waals surface area contributed by atoms with E-state index in [1.165, 1.54) is 18.9 Å². The van der Waals surface area contributed by atoms with Gasteiger partial charge in [-0.2, -0.15) is 0 Å². The Bertz CT molecular complexity index is 380. The van der Waals surface area contributed by atoms with Gasteiger partial charge in [-0.15, -0.1) is 0 Å². The van der Waals surface area contributed by atoms with Gasteiger partial charge in [0.1, 0.15) is 0 Å². The number of nitrogens with zero attached hydrogens (tertiary/aromatic N) is 1. The van der Waals surface area contributed by atoms with Crippen LogP contribution in [0.5, 0.6) is 0 Å². The first-order valence-corrected chi connectivity index (χ1v) is 5.88. The van der Waals surface area contributed by atoms with E-state index in [9.17, 15) is 10.1 Å². The molecule has 0 aliphatic carbocycles. The molecule has 0 bridgehead atoms. The van der Waals surface area contributed by atoms with Crippen LogP contribution in [0.4, 0.5) is 17.1 Å². The quantitative estimate of drug-likeness (QED) is 0.434. The lowest BCUT2D eigenvalue weighted by molar-refractivity contribution is -0.384. The summed E-state index contributed by atoms with van der Waals surface area (Å²) >= 11 is 0. The third kappa shape index (κ3) is 4.30. The van der Waals surface area contributed by atoms with Crippen molar-refractivity contribution in [2.75, 3.05) is 24.2 Å². The van der Waals surface area contributed by atoms with Crippen LogP contribution in [0, 0.1) is 10.1 Å². The van der Waals surface area contributed by atoms with E-state index in [-0.39, 0.29) is 10.6 Å². The summed E-state index contributed by atoms with van der Waals surface area (Å²) in [7, 11) is 1.75. The van der Waals surface area contributed by atoms with Gasteiger partial charge in [0.25, 0.3) is 5.69 Å². The molecular weight excluding hydrogens is 218 g/mol. The largest absolute Gasteiger partial charge is 0.388 e. The number of rotatable bonds is 7. The molecule has 0 aromatic heterocycles. The van der Waals surface area contributed by atoms with Gasteiger partial charge in [-0.25, -0.2) is 0 Å². The predicted molar refractivity (Wildman–Crippen MR) is 70.7 cm³/mol. The lowest BCUT2D eigenvalue weighted by atomic mass is 10.2. The molecular formula is C12H19N3O2. The monoisotopic (exact) mass is 237 g/mol. The molecule has 5 nitrogen and oxygen atoms in total. The Morgan fingerprint density at radius 2 is 1.94 bits per heavy atom. The lowest BCUT2D eigenvalue weighted by Crippen LogP contribution is -2.03. The summed E-state index contributed by atoms with van der Waals surface area (Å²) in [6.45, 7) is 2.99. The molecule has 0 heterocycles. The highest BCUT2D eigenvalue weighted by Gasteiger charge is 2.08. The molecule has 1 rings (SSSR count). The van der Waals surface area contributed by atoms with Crippen molar-refractivity contribution in [2.45, 2.75) is 26.2 Å². The molecule has 1 aromatic carbocycles. The van der Waals surface area contributed by atoms with Gasteiger partial charge in [0.05, 0.1) is 4.92 Å². The molecule has 0 radical (unpaired) electrons. The van der Waals surface area contributed by atoms with Gasteiger partial charge in [0.2, 0.25) is 0 Å². The molecule has 0 saturated heterocycles. The normalized spacial score (nSPS) is 10.0. The molecule has 0 saturated carbocycles. The number of hydrogen-bond acceptors (Lipinski definition) is 4. The number of nitrogens with one attached hydrogen (secondary N) is 2. The van der Waals surface area contributed by atoms with Crippen LogP contribution in [0.3, 0.4) is 0 Å². The molecule has 0 spiro atoms. The highest BCUT2D eigenvalue weighted by atomic mass is 16.6. The first-order valence-electron chi connectivity index (χ1n) is 5.88. The van der Waals surface area contributed by atoms with E-state index in [4.69, 9.17) is 0 Å². The number of nitro groups is 1. The Hall–Kier alpha value is -1.78. The van der Waals surface area contributed by atoms with Gasteiger partial charge in [0, 0.05) is 37.1 Å². The van der Waals surface area contributed by atoms with E-state index in [1.54, 1.807) is 13.1 Å². The van der Waals surface area contributed by atoms with Crippen molar-refractivity contribution in [3.63, 3.8) is 0 Å². The third-order valence-electron chi connectivity index (χ3n) is 2.53. The number of anilines is 2. The van der Waals surface area contributed by atoms with Crippen molar-refractivity contribution < 1.29 is 4.92 Å². The van der Waals surface area contributed by atoms with Crippen LogP contribution in [-0.2, 0) is 0 Å². The van der Waals surface area contributed by atoms with Gasteiger partial charge in [-0.1, -0.05) is 19.8 Å². The van der Waals surface area contributed by atoms with Crippen LogP contribution >= 0.6 is 0 Å². The average Bonchev–Trinajstić information content (AvgIpc) is 2.34. The second kappa shape index (κ2) is 6.73. The fourth-order valence-electron chi connectivity index (χ4n) is 1.57. The summed E-state index contributed by atoms with van der Waals surface area (Å²) in [6, 6.07) is 4.96. The lowest BCUT2D eigenvalue weighted by Gasteiger charge is -2.08. The Morgan fingerprint density at radius 1 is 1.24 bits per heavy atom. The topological polar surface area (TPSA) is 67.2 Å². The zero-order chi connectivity index (χ0) is 12.7. The molecule has 17 heavy (non-hydrogen) atoms. The highest BCUT2D eigenvalue weighted by Crippen LogP contribution is 2.23. The van der Waals surface area contributed by atoms with Gasteiger partial charge >= 0.3 is 0 Å². The van der Waals surface area contributed by atoms with Crippen molar-refractivity contribution in [3.8, 4) is 0 Å². The molecule has 0 fully saturated rings. The zero-order valence-corrected chi connectivity index (χ0v) is 10.3. The standard InChI is InChI=1S/C12H19N3O2/c1-3-4-5-6-14-11-7-10(13-2)8-12(9-11)15(16)17/h7-9,13-14H,3-6H2,1-2H3. The number of hydrogen-bond donors (Lipinski definition) is 2. The Kier molecular flexibility index (Phi) is 5.26. The fraction of sp³-hybridized carbons (Fsp3) is 0.500. The summed E-state index contributed by atoms with van der Waals surface area (Å²) in [5.41, 5.74) is 1.65. The van der Waals surface area contributed by atoms with E-state index in [1.807, 2.05) is 6.07 Å². The molecule has 0 unspecified atom stereocenters. The van der Waals surface area contributed by atoms with E-state index in [2.05, 4.69) is 17.6 Å². The number of unbranched alkanes of at least 4 members (excludes halogenated alkanes) is 2. The maximum atomic E-state index is 10.7. The number of non-ortho nitro benzene ring substituents is 1. The summed E-state index contributed by atoms with van der Waals surface area (Å²) in [6.07, 6.45) is 3.41. The maximum Gasteiger partial charge on any atom is 0.273 e. The first-order chi connectivity index (χ1) is 8.17. The third-order valence-corrected chi connectivity index (χ3v) is 2.53. The molecule has 0 amide bonds. The molecule has 2 N–H and O–H groups in total. The van der Waals surface area contributed by atoms with Crippen LogP contribution < -0.4 is 10.6 Å². The molecule has 0 atom stereocenters. The van der Waals surface area contributed by atoms with E-state index < -0.39 is 0 Å². The molecule has 0 aliphatic heterocycles. The smallest absolute Gasteiger partial charge is 0.273 e. The number of nitro benzene ring substituents is 1. The molecule has 0 aliphatic rings. The Balaban J connectivity index is 2.70. The minimum absolute atomic E-state index is 0.106. The van der Waals surface area contributed by atoms with Crippen LogP contribution in [0.25, 0.3) is 0 Å². The van der Waals surface area contributed by atoms with E-state index in [0.717, 1.165) is 24.3 Å². The van der Waals surface area contributed by atoms with Gasteiger partial charge < -0.3 is 10.6 Å². The van der Waals surface area contributed by atoms with Gasteiger partial charge in [-0.3, -0.25) is 10.1 Å². The van der Waals surface area contributed by atoms with Gasteiger partial charge in [0.15, 0.2) is 0 Å². The van der Waals surface area contributed by atoms with Crippen LogP contribution in [0.1, 0.15) is 26.2 Å². The summed E-state index contributed by atoms with van der Waals surface area (Å²) in [4.78, 5) is 10.4. The molecule has 1 aromatic rings. The van der Waals surface area contributed by atoms with E-state index in [0.29, 0.717) is 0 Å². The Morgan fingerprint density at radius 3 is 2.53 bits per heavy atom. The van der Waals surface area contributed by atoms with Crippen molar-refractivity contribution in [3.05, 3.63) is 28.3 Å². The fourth-order valence-corrected chi connectivity index (χ4v) is 1.57. The second-order valence-corrected chi connectivity index (χ2v) is 3.91. The van der Waals surface area contributed by atoms with Crippen molar-refractivity contribution in [2.24, 2.45) is 0 Å². The minimum atomic E-state index is -0.377. The number of benzene rings is 1. The highest BCUT2D eigenvalue weighted by molar-refractivity contribution is 5.63. The van der Waals surface area contributed by atoms with Gasteiger partial charge in [-0.05, 0) is 12.5 Å². The van der Waals surface area contributed by atoms with Crippen LogP contribution in [0.2, 0.25) is 0 Å². The minimum Gasteiger partial charge on any atom is -0.388 e. The molecule has 5 heteroatoms. The summed E-state index contributed by atoms with van der Waals surface area (Å²) in [5, 5.41) is 16.9. The maximum absolute atomic E-state index is 10.7. The van der Waals surface area contributed by atoms with Crippen LogP contribution in [-0.4, -0.2) is 18.5 Å². The SMILES string of the molecule is CCCCCNc1cc(NC)cc([N+](=O)[O-])c1. The van der Waals surface area contributed by atoms with Crippen molar-refractivity contribution in [1.29, 1.82) is 0 Å². The second-order valence-electron chi connectivity index (χ2n) is 3.91. The van der Waals surface area contributed by atoms with E-state index >= 15 is 0 Å². The predicted octanol–water partition coefficient (Wildman–Crippen LogP) is 3.24.